The zero-order valence-corrected chi connectivity index (χ0v) is 10.7. The van der Waals surface area contributed by atoms with Crippen LogP contribution in [0, 0.1) is 11.8 Å². The van der Waals surface area contributed by atoms with Crippen LogP contribution < -0.4 is 5.73 Å². The van der Waals surface area contributed by atoms with Gasteiger partial charge >= 0.3 is 5.97 Å². The monoisotopic (exact) mass is 274 g/mol. The first kappa shape index (κ1) is 12.8. The van der Waals surface area contributed by atoms with E-state index in [9.17, 15) is 19.5 Å². The lowest BCUT2D eigenvalue weighted by Crippen LogP contribution is -2.55. The number of imide groups is 1. The summed E-state index contributed by atoms with van der Waals surface area (Å²) < 4.78 is 0. The minimum atomic E-state index is -1.77. The van der Waals surface area contributed by atoms with E-state index in [2.05, 4.69) is 0 Å². The highest BCUT2D eigenvalue weighted by Gasteiger charge is 2.60. The quantitative estimate of drug-likeness (QED) is 0.748. The van der Waals surface area contributed by atoms with Gasteiger partial charge in [-0.3, -0.25) is 14.5 Å². The summed E-state index contributed by atoms with van der Waals surface area (Å²) in [6, 6.07) is 8.25. The van der Waals surface area contributed by atoms with Gasteiger partial charge in [0.05, 0.1) is 18.4 Å². The maximum Gasteiger partial charge on any atom is 0.330 e. The molecule has 2 fully saturated rings. The van der Waals surface area contributed by atoms with Crippen LogP contribution in [0.15, 0.2) is 30.3 Å². The number of fused-ring (bicyclic) bond motifs is 1. The fourth-order valence-electron chi connectivity index (χ4n) is 2.67. The summed E-state index contributed by atoms with van der Waals surface area (Å²) in [5.74, 6) is -2.36. The van der Waals surface area contributed by atoms with Gasteiger partial charge < -0.3 is 10.8 Å². The van der Waals surface area contributed by atoms with Gasteiger partial charge in [-0.25, -0.2) is 4.79 Å². The van der Waals surface area contributed by atoms with Crippen LogP contribution in [0.3, 0.4) is 0 Å². The first-order chi connectivity index (χ1) is 9.45. The van der Waals surface area contributed by atoms with E-state index in [1.165, 1.54) is 0 Å². The molecule has 104 valence electrons. The molecule has 1 aromatic carbocycles. The Morgan fingerprint density at radius 1 is 1.25 bits per heavy atom. The van der Waals surface area contributed by atoms with Gasteiger partial charge in [0.1, 0.15) is 0 Å². The number of benzene rings is 1. The van der Waals surface area contributed by atoms with E-state index in [-0.39, 0.29) is 30.2 Å². The van der Waals surface area contributed by atoms with Gasteiger partial charge in [0.15, 0.2) is 5.54 Å². The summed E-state index contributed by atoms with van der Waals surface area (Å²) in [7, 11) is 0. The van der Waals surface area contributed by atoms with Gasteiger partial charge in [-0.1, -0.05) is 30.3 Å². The van der Waals surface area contributed by atoms with E-state index < -0.39 is 11.5 Å². The molecule has 1 aliphatic heterocycles. The van der Waals surface area contributed by atoms with Crippen molar-refractivity contribution in [3.8, 4) is 0 Å². The molecule has 0 bridgehead atoms. The Hall–Kier alpha value is -2.21. The second kappa shape index (κ2) is 4.14. The molecule has 1 saturated carbocycles. The van der Waals surface area contributed by atoms with Crippen molar-refractivity contribution in [2.24, 2.45) is 17.6 Å². The number of carboxylic acids is 1. The van der Waals surface area contributed by atoms with Gasteiger partial charge in [-0.05, 0) is 12.0 Å². The molecule has 6 nitrogen and oxygen atoms in total. The fourth-order valence-corrected chi connectivity index (χ4v) is 2.67. The molecule has 1 heterocycles. The van der Waals surface area contributed by atoms with E-state index in [0.29, 0.717) is 12.0 Å². The number of carbonyl (C=O) groups excluding carboxylic acids is 2. The Kier molecular flexibility index (Phi) is 2.65. The second-order valence-electron chi connectivity index (χ2n) is 5.35. The highest BCUT2D eigenvalue weighted by Crippen LogP contribution is 2.47. The van der Waals surface area contributed by atoms with E-state index in [0.717, 1.165) is 4.90 Å². The lowest BCUT2D eigenvalue weighted by atomic mass is 9.90. The molecule has 3 unspecified atom stereocenters. The lowest BCUT2D eigenvalue weighted by molar-refractivity contribution is -0.148. The number of piperidine rings is 1. The number of nitrogens with zero attached hydrogens (tertiary/aromatic N) is 1. The minimum absolute atomic E-state index is 0.253. The second-order valence-corrected chi connectivity index (χ2v) is 5.35. The number of carboxylic acid groups (broad SMARTS) is 1. The molecule has 0 aromatic heterocycles. The molecular formula is C14H14N2O4. The van der Waals surface area contributed by atoms with Gasteiger partial charge in [-0.15, -0.1) is 0 Å². The predicted octanol–water partition coefficient (Wildman–Crippen LogP) is -0.0699. The number of nitrogens with two attached hydrogens (primary N) is 1. The number of carbonyl (C=O) groups is 3. The largest absolute Gasteiger partial charge is 0.480 e. The number of hydrogen-bond acceptors (Lipinski definition) is 4. The molecule has 0 spiro atoms. The number of rotatable bonds is 4. The Bertz CT molecular complexity index is 580. The molecule has 1 saturated heterocycles. The van der Waals surface area contributed by atoms with Crippen molar-refractivity contribution in [2.75, 3.05) is 6.54 Å². The highest BCUT2D eigenvalue weighted by atomic mass is 16.4. The van der Waals surface area contributed by atoms with Crippen LogP contribution >= 0.6 is 0 Å². The van der Waals surface area contributed by atoms with Crippen LogP contribution in [0.5, 0.6) is 0 Å². The first-order valence-corrected chi connectivity index (χ1v) is 6.38. The molecule has 1 aliphatic carbocycles. The lowest BCUT2D eigenvalue weighted by Gasteiger charge is -2.30. The minimum Gasteiger partial charge on any atom is -0.480 e. The summed E-state index contributed by atoms with van der Waals surface area (Å²) in [5.41, 5.74) is 4.58. The van der Waals surface area contributed by atoms with Crippen LogP contribution in [0.4, 0.5) is 0 Å². The normalized spacial score (nSPS) is 27.1. The van der Waals surface area contributed by atoms with Crippen LogP contribution in [-0.2, 0) is 19.9 Å². The standard InChI is InChI=1S/C14H14N2O4/c15-14(13(19)20,8-4-2-1-3-5-8)7-16-11(17)9-6-10(9)12(16)18/h1-5,9-10H,6-7,15H2,(H,19,20). The van der Waals surface area contributed by atoms with Gasteiger partial charge in [0.2, 0.25) is 11.8 Å². The van der Waals surface area contributed by atoms with Gasteiger partial charge in [0.25, 0.3) is 0 Å². The van der Waals surface area contributed by atoms with Crippen molar-refractivity contribution >= 4 is 17.8 Å². The zero-order chi connectivity index (χ0) is 14.5. The summed E-state index contributed by atoms with van der Waals surface area (Å²) in [5, 5.41) is 9.42. The maximum absolute atomic E-state index is 11.9. The first-order valence-electron chi connectivity index (χ1n) is 6.38. The van der Waals surface area contributed by atoms with Crippen molar-refractivity contribution in [1.29, 1.82) is 0 Å². The van der Waals surface area contributed by atoms with Crippen molar-refractivity contribution in [3.05, 3.63) is 35.9 Å². The number of amides is 2. The van der Waals surface area contributed by atoms with Gasteiger partial charge in [0, 0.05) is 0 Å². The van der Waals surface area contributed by atoms with Crippen molar-refractivity contribution < 1.29 is 19.5 Å². The Morgan fingerprint density at radius 2 is 1.80 bits per heavy atom. The van der Waals surface area contributed by atoms with E-state index >= 15 is 0 Å². The summed E-state index contributed by atoms with van der Waals surface area (Å²) in [6.07, 6.45) is 0.587. The molecule has 20 heavy (non-hydrogen) atoms. The molecule has 3 rings (SSSR count). The zero-order valence-electron chi connectivity index (χ0n) is 10.7. The Balaban J connectivity index is 1.91. The number of aliphatic carboxylic acids is 1. The number of hydrogen-bond donors (Lipinski definition) is 2. The molecule has 1 aromatic rings. The Morgan fingerprint density at radius 3 is 2.30 bits per heavy atom. The summed E-state index contributed by atoms with van der Waals surface area (Å²) >= 11 is 0. The average Bonchev–Trinajstić information content (AvgIpc) is 3.20. The SMILES string of the molecule is NC(CN1C(=O)C2CC2C1=O)(C(=O)O)c1ccccc1. The smallest absolute Gasteiger partial charge is 0.330 e. The van der Waals surface area contributed by atoms with Crippen molar-refractivity contribution in [1.82, 2.24) is 4.90 Å². The fraction of sp³-hybridized carbons (Fsp3) is 0.357. The third-order valence-corrected chi connectivity index (χ3v) is 4.03. The maximum atomic E-state index is 11.9. The van der Waals surface area contributed by atoms with Crippen molar-refractivity contribution in [3.63, 3.8) is 0 Å². The van der Waals surface area contributed by atoms with Crippen LogP contribution in [0.25, 0.3) is 0 Å². The highest BCUT2D eigenvalue weighted by molar-refractivity contribution is 6.09. The molecule has 6 heteroatoms. The molecule has 0 radical (unpaired) electrons. The Labute approximate surface area is 115 Å². The third-order valence-electron chi connectivity index (χ3n) is 4.03. The van der Waals surface area contributed by atoms with Crippen LogP contribution in [0.2, 0.25) is 0 Å². The molecule has 3 N–H and O–H groups in total. The predicted molar refractivity (Wildman–Crippen MR) is 68.3 cm³/mol. The summed E-state index contributed by atoms with van der Waals surface area (Å²) in [4.78, 5) is 36.4. The van der Waals surface area contributed by atoms with Crippen molar-refractivity contribution in [2.45, 2.75) is 12.0 Å². The van der Waals surface area contributed by atoms with Crippen LogP contribution in [0.1, 0.15) is 12.0 Å². The van der Waals surface area contributed by atoms with Gasteiger partial charge in [-0.2, -0.15) is 0 Å². The molecule has 2 aliphatic rings. The van der Waals surface area contributed by atoms with Crippen LogP contribution in [-0.4, -0.2) is 34.3 Å². The van der Waals surface area contributed by atoms with E-state index in [4.69, 9.17) is 5.73 Å². The molecular weight excluding hydrogens is 260 g/mol. The third kappa shape index (κ3) is 1.72. The molecule has 3 atom stereocenters. The number of likely N-dealkylation sites (tertiary alicyclic amines) is 1. The molecule has 2 amide bonds. The van der Waals surface area contributed by atoms with E-state index in [1.807, 2.05) is 0 Å². The topological polar surface area (TPSA) is 101 Å². The van der Waals surface area contributed by atoms with E-state index in [1.54, 1.807) is 30.3 Å². The average molecular weight is 274 g/mol. The summed E-state index contributed by atoms with van der Waals surface area (Å²) in [6.45, 7) is -0.322.